The van der Waals surface area contributed by atoms with Crippen LogP contribution in [0.15, 0.2) is 59.6 Å². The predicted octanol–water partition coefficient (Wildman–Crippen LogP) is 3.62. The molecule has 2 aromatic carbocycles. The van der Waals surface area contributed by atoms with E-state index in [1.165, 1.54) is 0 Å². The zero-order chi connectivity index (χ0) is 17.4. The van der Waals surface area contributed by atoms with Crippen LogP contribution in [0.3, 0.4) is 0 Å². The molecular weight excluding hydrogens is 376 g/mol. The standard InChI is InChI=1S/C18H17ClN2O2S2/c19-15-9-5-4-6-13(15)10-24-18-20-16-11-25(22,23)12-17(16)21(18)14-7-2-1-3-8-14/h1-9,16-17H,10-12H2/t16-,17-/m1/s1. The van der Waals surface area contributed by atoms with E-state index >= 15 is 0 Å². The number of anilines is 1. The SMILES string of the molecule is O=S1(=O)C[C@@H]2[C@@H](C1)N=C(SCc1ccccc1Cl)N2c1ccccc1. The summed E-state index contributed by atoms with van der Waals surface area (Å²) in [4.78, 5) is 6.81. The Morgan fingerprint density at radius 1 is 1.08 bits per heavy atom. The Kier molecular flexibility index (Phi) is 4.52. The van der Waals surface area contributed by atoms with Gasteiger partial charge in [0.2, 0.25) is 0 Å². The maximum Gasteiger partial charge on any atom is 0.164 e. The molecule has 4 rings (SSSR count). The molecule has 0 radical (unpaired) electrons. The number of hydrogen-bond acceptors (Lipinski definition) is 5. The van der Waals surface area contributed by atoms with Crippen LogP contribution >= 0.6 is 23.4 Å². The van der Waals surface area contributed by atoms with Crippen molar-refractivity contribution in [2.24, 2.45) is 4.99 Å². The number of para-hydroxylation sites is 1. The molecule has 130 valence electrons. The molecule has 0 aliphatic carbocycles. The molecule has 0 unspecified atom stereocenters. The second-order valence-corrected chi connectivity index (χ2v) is 9.71. The number of rotatable bonds is 3. The molecule has 1 fully saturated rings. The van der Waals surface area contributed by atoms with E-state index in [4.69, 9.17) is 16.6 Å². The van der Waals surface area contributed by atoms with Crippen molar-refractivity contribution in [2.45, 2.75) is 17.8 Å². The normalized spacial score (nSPS) is 24.2. The topological polar surface area (TPSA) is 49.7 Å². The van der Waals surface area contributed by atoms with Crippen molar-refractivity contribution in [3.05, 3.63) is 65.2 Å². The van der Waals surface area contributed by atoms with E-state index in [2.05, 4.69) is 4.90 Å². The lowest BCUT2D eigenvalue weighted by molar-refractivity contribution is 0.601. The second kappa shape index (κ2) is 6.67. The van der Waals surface area contributed by atoms with Crippen LogP contribution in [0.25, 0.3) is 0 Å². The van der Waals surface area contributed by atoms with E-state index in [1.54, 1.807) is 11.8 Å². The smallest absolute Gasteiger partial charge is 0.164 e. The highest BCUT2D eigenvalue weighted by Gasteiger charge is 2.47. The van der Waals surface area contributed by atoms with Gasteiger partial charge in [0.15, 0.2) is 15.0 Å². The fourth-order valence-corrected chi connectivity index (χ4v) is 6.53. The average molecular weight is 393 g/mol. The summed E-state index contributed by atoms with van der Waals surface area (Å²) in [6.07, 6.45) is 0. The molecule has 4 nitrogen and oxygen atoms in total. The summed E-state index contributed by atoms with van der Waals surface area (Å²) in [6.45, 7) is 0. The van der Waals surface area contributed by atoms with Crippen LogP contribution in [-0.2, 0) is 15.6 Å². The zero-order valence-corrected chi connectivity index (χ0v) is 15.8. The van der Waals surface area contributed by atoms with Gasteiger partial charge < -0.3 is 4.90 Å². The molecule has 0 bridgehead atoms. The lowest BCUT2D eigenvalue weighted by atomic mass is 10.1. The van der Waals surface area contributed by atoms with Crippen LogP contribution in [0.5, 0.6) is 0 Å². The Morgan fingerprint density at radius 2 is 1.80 bits per heavy atom. The highest BCUT2D eigenvalue weighted by molar-refractivity contribution is 8.13. The van der Waals surface area contributed by atoms with Gasteiger partial charge in [0.1, 0.15) is 0 Å². The highest BCUT2D eigenvalue weighted by Crippen LogP contribution is 2.36. The van der Waals surface area contributed by atoms with E-state index in [1.807, 2.05) is 54.6 Å². The van der Waals surface area contributed by atoms with Gasteiger partial charge in [-0.25, -0.2) is 8.42 Å². The number of amidine groups is 1. The molecule has 2 atom stereocenters. The van der Waals surface area contributed by atoms with Crippen LogP contribution < -0.4 is 4.90 Å². The van der Waals surface area contributed by atoms with Crippen LogP contribution in [-0.4, -0.2) is 37.2 Å². The van der Waals surface area contributed by atoms with Gasteiger partial charge in [-0.3, -0.25) is 4.99 Å². The van der Waals surface area contributed by atoms with E-state index in [0.717, 1.165) is 21.4 Å². The van der Waals surface area contributed by atoms with Crippen molar-refractivity contribution in [2.75, 3.05) is 16.4 Å². The number of halogens is 1. The number of thioether (sulfide) groups is 1. The molecular formula is C18H17ClN2O2S2. The average Bonchev–Trinajstić information content (AvgIpc) is 3.06. The fourth-order valence-electron chi connectivity index (χ4n) is 3.28. The lowest BCUT2D eigenvalue weighted by Crippen LogP contribution is -2.39. The molecule has 0 aromatic heterocycles. The minimum atomic E-state index is -3.02. The van der Waals surface area contributed by atoms with Crippen molar-refractivity contribution >= 4 is 44.1 Å². The van der Waals surface area contributed by atoms with Crippen molar-refractivity contribution < 1.29 is 8.42 Å². The highest BCUT2D eigenvalue weighted by atomic mass is 35.5. The van der Waals surface area contributed by atoms with Gasteiger partial charge >= 0.3 is 0 Å². The first kappa shape index (κ1) is 16.9. The van der Waals surface area contributed by atoms with Crippen LogP contribution in [0.2, 0.25) is 5.02 Å². The van der Waals surface area contributed by atoms with Crippen LogP contribution in [0, 0.1) is 0 Å². The first-order valence-corrected chi connectivity index (χ1v) is 11.2. The third-order valence-corrected chi connectivity index (χ3v) is 7.54. The molecule has 0 saturated carbocycles. The summed E-state index contributed by atoms with van der Waals surface area (Å²) in [5, 5.41) is 1.61. The predicted molar refractivity (Wildman–Crippen MR) is 105 cm³/mol. The monoisotopic (exact) mass is 392 g/mol. The third-order valence-electron chi connectivity index (χ3n) is 4.46. The first-order chi connectivity index (χ1) is 12.0. The van der Waals surface area contributed by atoms with Gasteiger partial charge in [-0.2, -0.15) is 0 Å². The quantitative estimate of drug-likeness (QED) is 0.800. The Bertz CT molecular complexity index is 916. The minimum Gasteiger partial charge on any atom is -0.315 e. The Labute approximate surface area is 156 Å². The molecule has 25 heavy (non-hydrogen) atoms. The minimum absolute atomic E-state index is 0.110. The van der Waals surface area contributed by atoms with Gasteiger partial charge in [-0.15, -0.1) is 0 Å². The van der Waals surface area contributed by atoms with Gasteiger partial charge in [-0.05, 0) is 23.8 Å². The summed E-state index contributed by atoms with van der Waals surface area (Å²) in [5.41, 5.74) is 2.03. The molecule has 0 amide bonds. The summed E-state index contributed by atoms with van der Waals surface area (Å²) in [6, 6.07) is 17.3. The van der Waals surface area contributed by atoms with E-state index in [0.29, 0.717) is 5.75 Å². The molecule has 1 saturated heterocycles. The molecule has 2 aromatic rings. The largest absolute Gasteiger partial charge is 0.315 e. The lowest BCUT2D eigenvalue weighted by Gasteiger charge is -2.26. The maximum absolute atomic E-state index is 12.0. The Morgan fingerprint density at radius 3 is 2.56 bits per heavy atom. The van der Waals surface area contributed by atoms with Crippen LogP contribution in [0.4, 0.5) is 5.69 Å². The number of benzene rings is 2. The van der Waals surface area contributed by atoms with Crippen molar-refractivity contribution in [3.8, 4) is 0 Å². The maximum atomic E-state index is 12.0. The fraction of sp³-hybridized carbons (Fsp3) is 0.278. The van der Waals surface area contributed by atoms with Gasteiger partial charge in [0.25, 0.3) is 0 Å². The molecule has 0 spiro atoms. The van der Waals surface area contributed by atoms with E-state index in [9.17, 15) is 8.42 Å². The summed E-state index contributed by atoms with van der Waals surface area (Å²) >= 11 is 7.86. The number of sulfone groups is 1. The van der Waals surface area contributed by atoms with Gasteiger partial charge in [0.05, 0.1) is 23.6 Å². The molecule has 0 N–H and O–H groups in total. The van der Waals surface area contributed by atoms with E-state index < -0.39 is 9.84 Å². The second-order valence-electron chi connectivity index (χ2n) is 6.21. The summed E-state index contributed by atoms with van der Waals surface area (Å²) in [5.74, 6) is 0.997. The number of nitrogens with zero attached hydrogens (tertiary/aromatic N) is 2. The number of hydrogen-bond donors (Lipinski definition) is 0. The summed E-state index contributed by atoms with van der Waals surface area (Å²) in [7, 11) is -3.02. The van der Waals surface area contributed by atoms with Crippen molar-refractivity contribution in [3.63, 3.8) is 0 Å². The molecule has 2 heterocycles. The Balaban J connectivity index is 1.62. The number of fused-ring (bicyclic) bond motifs is 1. The van der Waals surface area contributed by atoms with Gasteiger partial charge in [-0.1, -0.05) is 59.8 Å². The zero-order valence-electron chi connectivity index (χ0n) is 13.4. The summed E-state index contributed by atoms with van der Waals surface area (Å²) < 4.78 is 24.1. The van der Waals surface area contributed by atoms with Crippen molar-refractivity contribution in [1.82, 2.24) is 0 Å². The van der Waals surface area contributed by atoms with Gasteiger partial charge in [0, 0.05) is 16.5 Å². The van der Waals surface area contributed by atoms with Crippen molar-refractivity contribution in [1.29, 1.82) is 0 Å². The third kappa shape index (κ3) is 3.43. The first-order valence-electron chi connectivity index (χ1n) is 8.02. The Hall–Kier alpha value is -1.50. The van der Waals surface area contributed by atoms with E-state index in [-0.39, 0.29) is 23.6 Å². The number of aliphatic imine (C=N–C) groups is 1. The molecule has 7 heteroatoms. The van der Waals surface area contributed by atoms with Crippen LogP contribution in [0.1, 0.15) is 5.56 Å². The molecule has 2 aliphatic rings. The molecule has 2 aliphatic heterocycles.